The Kier molecular flexibility index (Phi) is 8.03. The quantitative estimate of drug-likeness (QED) is 0.404. The van der Waals surface area contributed by atoms with Gasteiger partial charge in [0, 0.05) is 6.54 Å². The highest BCUT2D eigenvalue weighted by molar-refractivity contribution is 14.1. The van der Waals surface area contributed by atoms with Crippen LogP contribution < -0.4 is 4.72 Å². The first-order valence-electron chi connectivity index (χ1n) is 6.67. The lowest BCUT2D eigenvalue weighted by atomic mass is 9.91. The molecule has 0 heterocycles. The molecule has 0 atom stereocenters. The smallest absolute Gasteiger partial charge is 0.211 e. The van der Waals surface area contributed by atoms with Gasteiger partial charge in [-0.1, -0.05) is 48.3 Å². The van der Waals surface area contributed by atoms with Gasteiger partial charge in [-0.15, -0.1) is 0 Å². The lowest BCUT2D eigenvalue weighted by Gasteiger charge is -2.21. The fraction of sp³-hybridized carbons (Fsp3) is 1.00. The molecule has 0 unspecified atom stereocenters. The van der Waals surface area contributed by atoms with Crippen molar-refractivity contribution in [2.75, 3.05) is 16.7 Å². The van der Waals surface area contributed by atoms with Crippen LogP contribution in [0.15, 0.2) is 0 Å². The highest BCUT2D eigenvalue weighted by Crippen LogP contribution is 2.24. The predicted molar refractivity (Wildman–Crippen MR) is 81.1 cm³/mol. The van der Waals surface area contributed by atoms with Crippen LogP contribution in [0.3, 0.4) is 0 Å². The third-order valence-electron chi connectivity index (χ3n) is 3.31. The average Bonchev–Trinajstić information content (AvgIpc) is 2.29. The third kappa shape index (κ3) is 7.62. The topological polar surface area (TPSA) is 46.2 Å². The van der Waals surface area contributed by atoms with Crippen LogP contribution in [-0.2, 0) is 10.0 Å². The van der Waals surface area contributed by atoms with E-state index in [1.54, 1.807) is 0 Å². The molecule has 1 fully saturated rings. The third-order valence-corrected chi connectivity index (χ3v) is 5.63. The number of halogens is 1. The van der Waals surface area contributed by atoms with E-state index in [1.165, 1.54) is 25.7 Å². The number of alkyl halides is 1. The summed E-state index contributed by atoms with van der Waals surface area (Å²) in [5.41, 5.74) is 0. The van der Waals surface area contributed by atoms with Gasteiger partial charge in [-0.25, -0.2) is 13.1 Å². The van der Waals surface area contributed by atoms with Crippen molar-refractivity contribution in [3.8, 4) is 0 Å². The highest BCUT2D eigenvalue weighted by atomic mass is 127. The van der Waals surface area contributed by atoms with E-state index < -0.39 is 10.0 Å². The van der Waals surface area contributed by atoms with Gasteiger partial charge >= 0.3 is 0 Å². The van der Waals surface area contributed by atoms with E-state index in [1.807, 2.05) is 0 Å². The van der Waals surface area contributed by atoms with E-state index >= 15 is 0 Å². The molecule has 0 amide bonds. The zero-order valence-corrected chi connectivity index (χ0v) is 13.4. The molecule has 0 saturated heterocycles. The normalized spacial score (nSPS) is 18.4. The van der Waals surface area contributed by atoms with Gasteiger partial charge in [-0.2, -0.15) is 0 Å². The minimum absolute atomic E-state index is 0.347. The van der Waals surface area contributed by atoms with Crippen molar-refractivity contribution in [1.29, 1.82) is 0 Å². The first-order chi connectivity index (χ1) is 8.14. The summed E-state index contributed by atoms with van der Waals surface area (Å²) in [6.45, 7) is 0.617. The Hall–Kier alpha value is 0.640. The molecule has 0 aliphatic heterocycles. The lowest BCUT2D eigenvalue weighted by Crippen LogP contribution is -2.31. The van der Waals surface area contributed by atoms with E-state index in [9.17, 15) is 8.42 Å². The van der Waals surface area contributed by atoms with Crippen LogP contribution in [0.5, 0.6) is 0 Å². The molecule has 0 radical (unpaired) electrons. The Morgan fingerprint density at radius 1 is 1.06 bits per heavy atom. The van der Waals surface area contributed by atoms with Crippen molar-refractivity contribution in [1.82, 2.24) is 4.72 Å². The van der Waals surface area contributed by atoms with Crippen LogP contribution in [0.25, 0.3) is 0 Å². The van der Waals surface area contributed by atoms with Crippen LogP contribution in [0, 0.1) is 5.92 Å². The second kappa shape index (κ2) is 8.69. The Labute approximate surface area is 119 Å². The number of nitrogens with one attached hydrogen (secondary N) is 1. The largest absolute Gasteiger partial charge is 0.215 e. The van der Waals surface area contributed by atoms with Crippen molar-refractivity contribution in [2.45, 2.75) is 51.4 Å². The Morgan fingerprint density at radius 2 is 1.76 bits per heavy atom. The molecule has 0 aromatic heterocycles. The predicted octanol–water partition coefficient (Wildman–Crippen LogP) is 3.09. The van der Waals surface area contributed by atoms with Crippen LogP contribution in [0.2, 0.25) is 0 Å². The van der Waals surface area contributed by atoms with Crippen LogP contribution >= 0.6 is 22.6 Å². The molecular weight excluding hydrogens is 349 g/mol. The molecule has 1 aliphatic rings. The SMILES string of the molecule is O=S(=O)(CC1CCCCC1)NCCCCCI. The molecule has 1 saturated carbocycles. The second-order valence-corrected chi connectivity index (χ2v) is 7.86. The summed E-state index contributed by atoms with van der Waals surface area (Å²) in [7, 11) is -3.02. The van der Waals surface area contributed by atoms with Gasteiger partial charge in [0.15, 0.2) is 0 Å². The van der Waals surface area contributed by atoms with Crippen LogP contribution in [0.1, 0.15) is 51.4 Å². The second-order valence-electron chi connectivity index (χ2n) is 4.93. The van der Waals surface area contributed by atoms with Gasteiger partial charge in [0.1, 0.15) is 0 Å². The van der Waals surface area contributed by atoms with Crippen LogP contribution in [-0.4, -0.2) is 25.1 Å². The van der Waals surface area contributed by atoms with Gasteiger partial charge in [0.05, 0.1) is 5.75 Å². The summed E-state index contributed by atoms with van der Waals surface area (Å²) in [5, 5.41) is 0. The number of unbranched alkanes of at least 4 members (excludes halogenated alkanes) is 2. The molecule has 1 aliphatic carbocycles. The maximum Gasteiger partial charge on any atom is 0.211 e. The maximum atomic E-state index is 11.8. The van der Waals surface area contributed by atoms with E-state index in [0.717, 1.165) is 30.1 Å². The molecule has 5 heteroatoms. The van der Waals surface area contributed by atoms with Gasteiger partial charge in [0.25, 0.3) is 0 Å². The highest BCUT2D eigenvalue weighted by Gasteiger charge is 2.20. The van der Waals surface area contributed by atoms with E-state index in [4.69, 9.17) is 0 Å². The first kappa shape index (κ1) is 15.7. The van der Waals surface area contributed by atoms with Crippen molar-refractivity contribution in [3.63, 3.8) is 0 Å². The van der Waals surface area contributed by atoms with E-state index in [0.29, 0.717) is 18.2 Å². The Balaban J connectivity index is 2.16. The zero-order chi connectivity index (χ0) is 12.6. The molecule has 0 bridgehead atoms. The summed E-state index contributed by atoms with van der Waals surface area (Å²) in [4.78, 5) is 0. The lowest BCUT2D eigenvalue weighted by molar-refractivity contribution is 0.384. The summed E-state index contributed by atoms with van der Waals surface area (Å²) in [6.07, 6.45) is 9.14. The van der Waals surface area contributed by atoms with Crippen molar-refractivity contribution in [2.24, 2.45) is 5.92 Å². The monoisotopic (exact) mass is 373 g/mol. The van der Waals surface area contributed by atoms with Gasteiger partial charge in [0.2, 0.25) is 10.0 Å². The Bertz CT molecular complexity index is 287. The summed E-state index contributed by atoms with van der Waals surface area (Å²) < 4.78 is 27.5. The van der Waals surface area contributed by atoms with Gasteiger partial charge in [-0.3, -0.25) is 0 Å². The molecule has 0 aromatic carbocycles. The minimum atomic E-state index is -3.02. The average molecular weight is 373 g/mol. The Morgan fingerprint density at radius 3 is 2.41 bits per heavy atom. The van der Waals surface area contributed by atoms with Crippen molar-refractivity contribution < 1.29 is 8.42 Å². The first-order valence-corrected chi connectivity index (χ1v) is 9.85. The van der Waals surface area contributed by atoms with Crippen molar-refractivity contribution in [3.05, 3.63) is 0 Å². The summed E-state index contributed by atoms with van der Waals surface area (Å²) in [6, 6.07) is 0. The zero-order valence-electron chi connectivity index (χ0n) is 10.5. The molecule has 0 spiro atoms. The molecule has 1 rings (SSSR count). The molecule has 3 nitrogen and oxygen atoms in total. The van der Waals surface area contributed by atoms with Crippen LogP contribution in [0.4, 0.5) is 0 Å². The minimum Gasteiger partial charge on any atom is -0.215 e. The molecule has 0 aromatic rings. The van der Waals surface area contributed by atoms with Gasteiger partial charge in [-0.05, 0) is 36.0 Å². The molecule has 102 valence electrons. The standard InChI is InChI=1S/C12H24INO2S/c13-9-5-2-6-10-14-17(15,16)11-12-7-3-1-4-8-12/h12,14H,1-11H2. The van der Waals surface area contributed by atoms with E-state index in [-0.39, 0.29) is 0 Å². The fourth-order valence-electron chi connectivity index (χ4n) is 2.35. The van der Waals surface area contributed by atoms with Crippen molar-refractivity contribution >= 4 is 32.6 Å². The summed E-state index contributed by atoms with van der Waals surface area (Å²) >= 11 is 2.35. The summed E-state index contributed by atoms with van der Waals surface area (Å²) in [5.74, 6) is 0.745. The number of hydrogen-bond acceptors (Lipinski definition) is 2. The number of rotatable bonds is 8. The number of sulfonamides is 1. The van der Waals surface area contributed by atoms with E-state index in [2.05, 4.69) is 27.3 Å². The maximum absolute atomic E-state index is 11.8. The molecular formula is C12H24INO2S. The fourth-order valence-corrected chi connectivity index (χ4v) is 4.41. The molecule has 1 N–H and O–H groups in total. The number of hydrogen-bond donors (Lipinski definition) is 1. The molecule has 17 heavy (non-hydrogen) atoms. The van der Waals surface area contributed by atoms with Gasteiger partial charge < -0.3 is 0 Å².